The fourth-order valence-electron chi connectivity index (χ4n) is 2.39. The lowest BCUT2D eigenvalue weighted by Crippen LogP contribution is -2.51. The number of ether oxygens (including phenoxy) is 1. The van der Waals surface area contributed by atoms with Crippen molar-refractivity contribution in [3.8, 4) is 5.82 Å². The number of urea groups is 1. The SMILES string of the molecule is C[C@@H]1COCCN1C(=O)NCc1cccnc1-n1cncn1. The number of carbonyl (C=O) groups is 1. The Labute approximate surface area is 128 Å². The maximum Gasteiger partial charge on any atom is 0.318 e. The summed E-state index contributed by atoms with van der Waals surface area (Å²) in [6.07, 6.45) is 4.72. The number of hydrogen-bond acceptors (Lipinski definition) is 5. The highest BCUT2D eigenvalue weighted by Gasteiger charge is 2.23. The average molecular weight is 302 g/mol. The number of hydrogen-bond donors (Lipinski definition) is 1. The molecule has 116 valence electrons. The molecule has 1 saturated heterocycles. The Morgan fingerprint density at radius 1 is 1.55 bits per heavy atom. The molecule has 0 saturated carbocycles. The second-order valence-electron chi connectivity index (χ2n) is 5.10. The predicted molar refractivity (Wildman–Crippen MR) is 78.4 cm³/mol. The maximum absolute atomic E-state index is 12.3. The number of nitrogens with zero attached hydrogens (tertiary/aromatic N) is 5. The first-order valence-electron chi connectivity index (χ1n) is 7.17. The second kappa shape index (κ2) is 6.52. The van der Waals surface area contributed by atoms with Crippen molar-refractivity contribution >= 4 is 6.03 Å². The van der Waals surface area contributed by atoms with Crippen LogP contribution >= 0.6 is 0 Å². The zero-order valence-corrected chi connectivity index (χ0v) is 12.3. The molecule has 22 heavy (non-hydrogen) atoms. The number of aromatic nitrogens is 4. The monoisotopic (exact) mass is 302 g/mol. The summed E-state index contributed by atoms with van der Waals surface area (Å²) in [4.78, 5) is 22.3. The molecule has 0 radical (unpaired) electrons. The van der Waals surface area contributed by atoms with Crippen LogP contribution in [0.25, 0.3) is 5.82 Å². The molecule has 0 aromatic carbocycles. The van der Waals surface area contributed by atoms with Crippen LogP contribution in [0.2, 0.25) is 0 Å². The summed E-state index contributed by atoms with van der Waals surface area (Å²) in [5.74, 6) is 0.662. The summed E-state index contributed by atoms with van der Waals surface area (Å²) in [5.41, 5.74) is 0.877. The molecular weight excluding hydrogens is 284 g/mol. The van der Waals surface area contributed by atoms with Gasteiger partial charge in [-0.3, -0.25) is 0 Å². The lowest BCUT2D eigenvalue weighted by atomic mass is 10.2. The number of amides is 2. The van der Waals surface area contributed by atoms with E-state index in [2.05, 4.69) is 20.4 Å². The molecule has 2 aromatic rings. The van der Waals surface area contributed by atoms with Crippen molar-refractivity contribution in [3.05, 3.63) is 36.5 Å². The van der Waals surface area contributed by atoms with E-state index < -0.39 is 0 Å². The van der Waals surface area contributed by atoms with Gasteiger partial charge in [0.15, 0.2) is 5.82 Å². The van der Waals surface area contributed by atoms with Crippen LogP contribution in [0.1, 0.15) is 12.5 Å². The highest BCUT2D eigenvalue weighted by molar-refractivity contribution is 5.74. The van der Waals surface area contributed by atoms with Crippen LogP contribution in [-0.2, 0) is 11.3 Å². The van der Waals surface area contributed by atoms with Gasteiger partial charge in [-0.1, -0.05) is 6.07 Å². The van der Waals surface area contributed by atoms with Crippen molar-refractivity contribution in [1.82, 2.24) is 30.0 Å². The van der Waals surface area contributed by atoms with Crippen LogP contribution < -0.4 is 5.32 Å². The predicted octanol–water partition coefficient (Wildman–Crippen LogP) is 0.593. The van der Waals surface area contributed by atoms with E-state index in [1.165, 1.54) is 6.33 Å². The fraction of sp³-hybridized carbons (Fsp3) is 0.429. The van der Waals surface area contributed by atoms with Gasteiger partial charge in [-0.25, -0.2) is 19.4 Å². The van der Waals surface area contributed by atoms with E-state index in [4.69, 9.17) is 4.74 Å². The Kier molecular flexibility index (Phi) is 4.29. The lowest BCUT2D eigenvalue weighted by Gasteiger charge is -2.33. The van der Waals surface area contributed by atoms with Gasteiger partial charge in [0.2, 0.25) is 0 Å². The van der Waals surface area contributed by atoms with E-state index in [1.807, 2.05) is 19.1 Å². The molecular formula is C14H18N6O2. The number of rotatable bonds is 3. The fourth-order valence-corrected chi connectivity index (χ4v) is 2.39. The second-order valence-corrected chi connectivity index (χ2v) is 5.10. The van der Waals surface area contributed by atoms with Crippen LogP contribution in [-0.4, -0.2) is 56.5 Å². The van der Waals surface area contributed by atoms with Crippen molar-refractivity contribution in [2.75, 3.05) is 19.8 Å². The van der Waals surface area contributed by atoms with E-state index >= 15 is 0 Å². The van der Waals surface area contributed by atoms with Crippen molar-refractivity contribution in [3.63, 3.8) is 0 Å². The molecule has 1 aliphatic heterocycles. The molecule has 0 spiro atoms. The minimum atomic E-state index is -0.0933. The van der Waals surface area contributed by atoms with E-state index in [-0.39, 0.29) is 12.1 Å². The molecule has 3 rings (SSSR count). The van der Waals surface area contributed by atoms with E-state index in [9.17, 15) is 4.79 Å². The van der Waals surface area contributed by atoms with Gasteiger partial charge in [-0.15, -0.1) is 0 Å². The van der Waals surface area contributed by atoms with Crippen LogP contribution in [0.4, 0.5) is 4.79 Å². The number of morpholine rings is 1. The molecule has 0 aliphatic carbocycles. The average Bonchev–Trinajstić information content (AvgIpc) is 3.07. The minimum Gasteiger partial charge on any atom is -0.377 e. The third kappa shape index (κ3) is 3.06. The van der Waals surface area contributed by atoms with Gasteiger partial charge in [0.1, 0.15) is 12.7 Å². The molecule has 8 nitrogen and oxygen atoms in total. The van der Waals surface area contributed by atoms with Crippen LogP contribution in [0.15, 0.2) is 31.0 Å². The molecule has 0 bridgehead atoms. The van der Waals surface area contributed by atoms with Crippen LogP contribution in [0.3, 0.4) is 0 Å². The van der Waals surface area contributed by atoms with E-state index in [0.717, 1.165) is 5.56 Å². The molecule has 0 unspecified atom stereocenters. The topological polar surface area (TPSA) is 85.2 Å². The highest BCUT2D eigenvalue weighted by Crippen LogP contribution is 2.10. The summed E-state index contributed by atoms with van der Waals surface area (Å²) >= 11 is 0. The van der Waals surface area contributed by atoms with E-state index in [0.29, 0.717) is 32.1 Å². The van der Waals surface area contributed by atoms with E-state index in [1.54, 1.807) is 22.1 Å². The number of pyridine rings is 1. The minimum absolute atomic E-state index is 0.0810. The highest BCUT2D eigenvalue weighted by atomic mass is 16.5. The van der Waals surface area contributed by atoms with Gasteiger partial charge in [-0.2, -0.15) is 5.10 Å². The van der Waals surface area contributed by atoms with Crippen molar-refractivity contribution in [2.24, 2.45) is 0 Å². The Hall–Kier alpha value is -2.48. The van der Waals surface area contributed by atoms with Gasteiger partial charge in [0.25, 0.3) is 0 Å². The van der Waals surface area contributed by atoms with Crippen molar-refractivity contribution in [1.29, 1.82) is 0 Å². The molecule has 2 amide bonds. The summed E-state index contributed by atoms with van der Waals surface area (Å²) in [6, 6.07) is 3.73. The standard InChI is InChI=1S/C14H18N6O2/c1-11-8-22-6-5-19(11)14(21)17-7-12-3-2-4-16-13(12)20-10-15-9-18-20/h2-4,9-11H,5-8H2,1H3,(H,17,21)/t11-/m1/s1. The Morgan fingerprint density at radius 3 is 3.23 bits per heavy atom. The smallest absolute Gasteiger partial charge is 0.318 e. The zero-order chi connectivity index (χ0) is 15.4. The van der Waals surface area contributed by atoms with Gasteiger partial charge < -0.3 is 15.0 Å². The molecule has 2 aromatic heterocycles. The number of nitrogens with one attached hydrogen (secondary N) is 1. The summed E-state index contributed by atoms with van der Waals surface area (Å²) < 4.78 is 6.92. The first-order chi connectivity index (χ1) is 10.8. The normalized spacial score (nSPS) is 18.2. The van der Waals surface area contributed by atoms with Crippen LogP contribution in [0.5, 0.6) is 0 Å². The van der Waals surface area contributed by atoms with Crippen molar-refractivity contribution < 1.29 is 9.53 Å². The zero-order valence-electron chi connectivity index (χ0n) is 12.3. The first kappa shape index (κ1) is 14.5. The molecule has 8 heteroatoms. The molecule has 1 aliphatic rings. The third-order valence-corrected chi connectivity index (χ3v) is 3.56. The lowest BCUT2D eigenvalue weighted by molar-refractivity contribution is 0.0190. The Morgan fingerprint density at radius 2 is 2.45 bits per heavy atom. The summed E-state index contributed by atoms with van der Waals surface area (Å²) in [6.45, 7) is 4.12. The first-order valence-corrected chi connectivity index (χ1v) is 7.17. The number of carbonyl (C=O) groups excluding carboxylic acids is 1. The third-order valence-electron chi connectivity index (χ3n) is 3.56. The summed E-state index contributed by atoms with van der Waals surface area (Å²) in [7, 11) is 0. The Balaban J connectivity index is 1.68. The van der Waals surface area contributed by atoms with Gasteiger partial charge in [-0.05, 0) is 13.0 Å². The maximum atomic E-state index is 12.3. The quantitative estimate of drug-likeness (QED) is 0.897. The Bertz CT molecular complexity index is 630. The van der Waals surface area contributed by atoms with Crippen molar-refractivity contribution in [2.45, 2.75) is 19.5 Å². The molecule has 3 heterocycles. The van der Waals surface area contributed by atoms with Gasteiger partial charge in [0, 0.05) is 24.8 Å². The van der Waals surface area contributed by atoms with Gasteiger partial charge in [0.05, 0.1) is 19.3 Å². The molecule has 1 N–H and O–H groups in total. The van der Waals surface area contributed by atoms with Gasteiger partial charge >= 0.3 is 6.03 Å². The summed E-state index contributed by atoms with van der Waals surface area (Å²) in [5, 5.41) is 7.01. The molecule has 1 fully saturated rings. The largest absolute Gasteiger partial charge is 0.377 e. The van der Waals surface area contributed by atoms with Crippen LogP contribution in [0, 0.1) is 0 Å². The molecule has 1 atom stereocenters.